The third-order valence-electron chi connectivity index (χ3n) is 2.36. The summed E-state index contributed by atoms with van der Waals surface area (Å²) < 4.78 is 21.7. The van der Waals surface area contributed by atoms with Crippen LogP contribution in [0.2, 0.25) is 0 Å². The van der Waals surface area contributed by atoms with Gasteiger partial charge in [0.1, 0.15) is 0 Å². The molecule has 0 aromatic heterocycles. The summed E-state index contributed by atoms with van der Waals surface area (Å²) in [6.45, 7) is 7.83. The maximum absolute atomic E-state index is 5.70. The van der Waals surface area contributed by atoms with Crippen LogP contribution >= 0.6 is 0 Å². The zero-order valence-corrected chi connectivity index (χ0v) is 12.3. The predicted octanol–water partition coefficient (Wildman–Crippen LogP) is 3.82. The van der Waals surface area contributed by atoms with Gasteiger partial charge in [0.2, 0.25) is 0 Å². The summed E-state index contributed by atoms with van der Waals surface area (Å²) >= 11 is 0. The zero-order chi connectivity index (χ0) is 13.6. The molecule has 0 fully saturated rings. The SMILES string of the molecule is CCCCO/C(CC)=C(/OCCCC)OCOC. The predicted molar refractivity (Wildman–Crippen MR) is 72.0 cm³/mol. The number of unbranched alkanes of at least 4 members (excludes halogenated alkanes) is 2. The van der Waals surface area contributed by atoms with E-state index in [2.05, 4.69) is 13.8 Å². The topological polar surface area (TPSA) is 36.9 Å². The van der Waals surface area contributed by atoms with Crippen LogP contribution in [0.3, 0.4) is 0 Å². The maximum atomic E-state index is 5.70. The van der Waals surface area contributed by atoms with Gasteiger partial charge < -0.3 is 18.9 Å². The van der Waals surface area contributed by atoms with Crippen LogP contribution in [0.15, 0.2) is 11.7 Å². The van der Waals surface area contributed by atoms with E-state index in [1.807, 2.05) is 6.92 Å². The number of rotatable bonds is 12. The van der Waals surface area contributed by atoms with E-state index in [9.17, 15) is 0 Å². The van der Waals surface area contributed by atoms with Crippen LogP contribution in [0.4, 0.5) is 0 Å². The van der Waals surface area contributed by atoms with Crippen molar-refractivity contribution in [2.45, 2.75) is 52.9 Å². The largest absolute Gasteiger partial charge is 0.491 e. The summed E-state index contributed by atoms with van der Waals surface area (Å²) in [5, 5.41) is 0. The second kappa shape index (κ2) is 12.6. The average molecular weight is 260 g/mol. The summed E-state index contributed by atoms with van der Waals surface area (Å²) in [5.41, 5.74) is 0. The molecule has 0 spiro atoms. The van der Waals surface area contributed by atoms with Gasteiger partial charge >= 0.3 is 5.95 Å². The van der Waals surface area contributed by atoms with Crippen LogP contribution in [0, 0.1) is 0 Å². The quantitative estimate of drug-likeness (QED) is 0.304. The molecule has 0 aliphatic heterocycles. The van der Waals surface area contributed by atoms with Gasteiger partial charge in [-0.15, -0.1) is 0 Å². The molecule has 0 amide bonds. The van der Waals surface area contributed by atoms with E-state index < -0.39 is 0 Å². The first-order valence-electron chi connectivity index (χ1n) is 6.90. The average Bonchev–Trinajstić information content (AvgIpc) is 2.39. The van der Waals surface area contributed by atoms with Gasteiger partial charge in [0.25, 0.3) is 0 Å². The van der Waals surface area contributed by atoms with E-state index in [0.29, 0.717) is 19.2 Å². The summed E-state index contributed by atoms with van der Waals surface area (Å²) in [6.07, 6.45) is 5.01. The molecule has 18 heavy (non-hydrogen) atoms. The molecule has 0 aromatic carbocycles. The van der Waals surface area contributed by atoms with Crippen molar-refractivity contribution in [2.75, 3.05) is 27.1 Å². The van der Waals surface area contributed by atoms with Gasteiger partial charge in [-0.05, 0) is 12.8 Å². The molecule has 0 atom stereocenters. The third-order valence-corrected chi connectivity index (χ3v) is 2.36. The maximum Gasteiger partial charge on any atom is 0.321 e. The molecule has 0 radical (unpaired) electrons. The van der Waals surface area contributed by atoms with Crippen LogP contribution in [-0.2, 0) is 18.9 Å². The lowest BCUT2D eigenvalue weighted by molar-refractivity contribution is -0.0688. The third kappa shape index (κ3) is 8.23. The van der Waals surface area contributed by atoms with Gasteiger partial charge in [-0.2, -0.15) is 0 Å². The lowest BCUT2D eigenvalue weighted by atomic mass is 10.3. The lowest BCUT2D eigenvalue weighted by Gasteiger charge is -2.16. The molecule has 0 aromatic rings. The van der Waals surface area contributed by atoms with Crippen molar-refractivity contribution in [1.82, 2.24) is 0 Å². The minimum atomic E-state index is 0.183. The fourth-order valence-corrected chi connectivity index (χ4v) is 1.27. The van der Waals surface area contributed by atoms with Gasteiger partial charge in [-0.25, -0.2) is 0 Å². The Balaban J connectivity index is 4.38. The Morgan fingerprint density at radius 1 is 0.833 bits per heavy atom. The smallest absolute Gasteiger partial charge is 0.321 e. The Morgan fingerprint density at radius 3 is 1.94 bits per heavy atom. The molecule has 0 heterocycles. The monoisotopic (exact) mass is 260 g/mol. The Labute approximate surface area is 111 Å². The van der Waals surface area contributed by atoms with Crippen LogP contribution in [0.25, 0.3) is 0 Å². The lowest BCUT2D eigenvalue weighted by Crippen LogP contribution is -2.08. The molecule has 0 N–H and O–H groups in total. The van der Waals surface area contributed by atoms with Crippen molar-refractivity contribution < 1.29 is 18.9 Å². The first kappa shape index (κ1) is 17.1. The van der Waals surface area contributed by atoms with Crippen molar-refractivity contribution in [1.29, 1.82) is 0 Å². The Kier molecular flexibility index (Phi) is 11.9. The Hall–Kier alpha value is -0.900. The van der Waals surface area contributed by atoms with Crippen molar-refractivity contribution in [3.8, 4) is 0 Å². The molecular formula is C14H28O4. The molecule has 0 unspecified atom stereocenters. The highest BCUT2D eigenvalue weighted by molar-refractivity contribution is 4.94. The first-order valence-corrected chi connectivity index (χ1v) is 6.90. The van der Waals surface area contributed by atoms with Gasteiger partial charge in [-0.1, -0.05) is 33.6 Å². The summed E-state index contributed by atoms with van der Waals surface area (Å²) in [4.78, 5) is 0. The number of hydrogen-bond donors (Lipinski definition) is 0. The Bertz CT molecular complexity index is 214. The van der Waals surface area contributed by atoms with Crippen molar-refractivity contribution in [3.05, 3.63) is 11.7 Å². The molecule has 0 aliphatic rings. The minimum Gasteiger partial charge on any atom is -0.491 e. The van der Waals surface area contributed by atoms with Crippen LogP contribution in [-0.4, -0.2) is 27.1 Å². The van der Waals surface area contributed by atoms with E-state index in [4.69, 9.17) is 18.9 Å². The zero-order valence-electron chi connectivity index (χ0n) is 12.3. The number of ether oxygens (including phenoxy) is 4. The molecule has 108 valence electrons. The Morgan fingerprint density at radius 2 is 1.44 bits per heavy atom. The highest BCUT2D eigenvalue weighted by Gasteiger charge is 2.10. The molecule has 4 heteroatoms. The van der Waals surface area contributed by atoms with Crippen molar-refractivity contribution in [2.24, 2.45) is 0 Å². The highest BCUT2D eigenvalue weighted by Crippen LogP contribution is 2.15. The van der Waals surface area contributed by atoms with Crippen LogP contribution in [0.1, 0.15) is 52.9 Å². The van der Waals surface area contributed by atoms with Gasteiger partial charge in [0.05, 0.1) is 13.2 Å². The van der Waals surface area contributed by atoms with Crippen LogP contribution in [0.5, 0.6) is 0 Å². The fourth-order valence-electron chi connectivity index (χ4n) is 1.27. The first-order chi connectivity index (χ1) is 8.79. The molecule has 0 rings (SSSR count). The molecule has 0 bridgehead atoms. The molecular weight excluding hydrogens is 232 g/mol. The summed E-state index contributed by atoms with van der Waals surface area (Å²) in [7, 11) is 1.59. The normalized spacial score (nSPS) is 12.0. The van der Waals surface area contributed by atoms with E-state index >= 15 is 0 Å². The van der Waals surface area contributed by atoms with Gasteiger partial charge in [-0.3, -0.25) is 0 Å². The van der Waals surface area contributed by atoms with E-state index in [-0.39, 0.29) is 6.79 Å². The highest BCUT2D eigenvalue weighted by atomic mass is 16.7. The van der Waals surface area contributed by atoms with E-state index in [0.717, 1.165) is 37.9 Å². The van der Waals surface area contributed by atoms with Crippen molar-refractivity contribution >= 4 is 0 Å². The van der Waals surface area contributed by atoms with Crippen molar-refractivity contribution in [3.63, 3.8) is 0 Å². The number of allylic oxidation sites excluding steroid dienone is 1. The van der Waals surface area contributed by atoms with Gasteiger partial charge in [0, 0.05) is 13.5 Å². The molecule has 0 saturated carbocycles. The van der Waals surface area contributed by atoms with E-state index in [1.165, 1.54) is 0 Å². The molecule has 0 aliphatic carbocycles. The second-order valence-corrected chi connectivity index (χ2v) is 4.02. The minimum absolute atomic E-state index is 0.183. The second-order valence-electron chi connectivity index (χ2n) is 4.02. The van der Waals surface area contributed by atoms with Gasteiger partial charge in [0.15, 0.2) is 12.6 Å². The van der Waals surface area contributed by atoms with E-state index in [1.54, 1.807) is 7.11 Å². The molecule has 0 saturated heterocycles. The number of hydrogen-bond acceptors (Lipinski definition) is 4. The fraction of sp³-hybridized carbons (Fsp3) is 0.857. The number of methoxy groups -OCH3 is 1. The van der Waals surface area contributed by atoms with Crippen LogP contribution < -0.4 is 0 Å². The standard InChI is InChI=1S/C14H28O4/c1-5-8-10-16-13(7-3)14(18-12-15-4)17-11-9-6-2/h5-12H2,1-4H3/b14-13-. The summed E-state index contributed by atoms with van der Waals surface area (Å²) in [6, 6.07) is 0. The summed E-state index contributed by atoms with van der Waals surface area (Å²) in [5.74, 6) is 1.25. The molecule has 4 nitrogen and oxygen atoms in total.